The van der Waals surface area contributed by atoms with Crippen LogP contribution >= 0.6 is 0 Å². The first-order valence-electron chi connectivity index (χ1n) is 7.32. The molecule has 0 aliphatic carbocycles. The van der Waals surface area contributed by atoms with E-state index >= 15 is 0 Å². The molecule has 0 bridgehead atoms. The van der Waals surface area contributed by atoms with Crippen molar-refractivity contribution in [3.8, 4) is 22.8 Å². The lowest BCUT2D eigenvalue weighted by Crippen LogP contribution is -2.11. The number of rotatable bonds is 3. The molecule has 0 atom stereocenters. The van der Waals surface area contributed by atoms with Crippen molar-refractivity contribution in [1.29, 1.82) is 0 Å². The van der Waals surface area contributed by atoms with Gasteiger partial charge in [-0.25, -0.2) is 4.39 Å². The molecular weight excluding hydrogens is 356 g/mol. The van der Waals surface area contributed by atoms with Gasteiger partial charge in [0.1, 0.15) is 28.1 Å². The molecule has 3 rings (SSSR count). The van der Waals surface area contributed by atoms with Crippen LogP contribution in [-0.4, -0.2) is 14.2 Å². The molecule has 0 N–H and O–H groups in total. The molecule has 136 valence electrons. The molecule has 0 saturated heterocycles. The van der Waals surface area contributed by atoms with Gasteiger partial charge in [-0.15, -0.1) is 0 Å². The molecule has 1 heterocycles. The van der Waals surface area contributed by atoms with E-state index in [-0.39, 0.29) is 22.5 Å². The van der Waals surface area contributed by atoms with Crippen molar-refractivity contribution >= 4 is 11.0 Å². The topological polar surface area (TPSA) is 48.7 Å². The fourth-order valence-electron chi connectivity index (χ4n) is 2.63. The second-order valence-corrected chi connectivity index (χ2v) is 5.34. The molecule has 0 unspecified atom stereocenters. The van der Waals surface area contributed by atoms with Crippen molar-refractivity contribution < 1.29 is 31.5 Å². The Kier molecular flexibility index (Phi) is 4.35. The third-order valence-corrected chi connectivity index (χ3v) is 3.77. The highest BCUT2D eigenvalue weighted by Gasteiger charge is 2.37. The van der Waals surface area contributed by atoms with Crippen LogP contribution in [0.1, 0.15) is 5.56 Å². The predicted octanol–water partition coefficient (Wildman–Crippen LogP) is 4.64. The Morgan fingerprint density at radius 3 is 2.12 bits per heavy atom. The molecule has 4 nitrogen and oxygen atoms in total. The molecule has 0 fully saturated rings. The van der Waals surface area contributed by atoms with Crippen LogP contribution in [0.15, 0.2) is 45.6 Å². The first-order valence-corrected chi connectivity index (χ1v) is 7.32. The Labute approximate surface area is 144 Å². The number of hydrogen-bond acceptors (Lipinski definition) is 4. The molecule has 0 amide bonds. The summed E-state index contributed by atoms with van der Waals surface area (Å²) in [5.41, 5.74) is -1.73. The van der Waals surface area contributed by atoms with Gasteiger partial charge in [0.25, 0.3) is 0 Å². The largest absolute Gasteiger partial charge is 0.492 e. The van der Waals surface area contributed by atoms with Gasteiger partial charge in [0.15, 0.2) is 16.9 Å². The van der Waals surface area contributed by atoms with Crippen molar-refractivity contribution in [2.75, 3.05) is 14.2 Å². The molecule has 2 aromatic carbocycles. The zero-order chi connectivity index (χ0) is 19.1. The molecular formula is C18H12F4O4. The summed E-state index contributed by atoms with van der Waals surface area (Å²) in [6.45, 7) is 0. The highest BCUT2D eigenvalue weighted by molar-refractivity contribution is 5.89. The third kappa shape index (κ3) is 2.98. The van der Waals surface area contributed by atoms with E-state index in [1.54, 1.807) is 0 Å². The number of hydrogen-bond donors (Lipinski definition) is 0. The lowest BCUT2D eigenvalue weighted by Gasteiger charge is -2.17. The van der Waals surface area contributed by atoms with Gasteiger partial charge in [-0.3, -0.25) is 4.79 Å². The molecule has 26 heavy (non-hydrogen) atoms. The van der Waals surface area contributed by atoms with Crippen LogP contribution in [-0.2, 0) is 6.18 Å². The van der Waals surface area contributed by atoms with Crippen LogP contribution in [0.3, 0.4) is 0 Å². The highest BCUT2D eigenvalue weighted by atomic mass is 19.4. The average molecular weight is 368 g/mol. The zero-order valence-electron chi connectivity index (χ0n) is 13.6. The molecule has 0 radical (unpaired) electrons. The van der Waals surface area contributed by atoms with Crippen LogP contribution in [0.4, 0.5) is 17.6 Å². The first-order chi connectivity index (χ1) is 12.3. The smallest absolute Gasteiger partial charge is 0.420 e. The summed E-state index contributed by atoms with van der Waals surface area (Å²) in [5, 5.41) is -0.178. The molecule has 1 aromatic heterocycles. The van der Waals surface area contributed by atoms with E-state index in [0.29, 0.717) is 11.6 Å². The van der Waals surface area contributed by atoms with Gasteiger partial charge in [0, 0.05) is 11.6 Å². The van der Waals surface area contributed by atoms with Gasteiger partial charge in [-0.05, 0) is 30.3 Å². The van der Waals surface area contributed by atoms with Crippen LogP contribution in [0.2, 0.25) is 0 Å². The van der Waals surface area contributed by atoms with Crippen molar-refractivity contribution in [3.05, 3.63) is 58.0 Å². The van der Waals surface area contributed by atoms with Crippen LogP contribution in [0.25, 0.3) is 22.3 Å². The lowest BCUT2D eigenvalue weighted by molar-refractivity contribution is -0.138. The SMILES string of the molecule is COc1c(C(F)(F)F)cc2oc(-c3ccc(F)cc3)cc(=O)c2c1OC. The quantitative estimate of drug-likeness (QED) is 0.632. The number of alkyl halides is 3. The maximum Gasteiger partial charge on any atom is 0.420 e. The van der Waals surface area contributed by atoms with Gasteiger partial charge in [0.05, 0.1) is 14.2 Å². The monoisotopic (exact) mass is 368 g/mol. The predicted molar refractivity (Wildman–Crippen MR) is 86.0 cm³/mol. The third-order valence-electron chi connectivity index (χ3n) is 3.77. The van der Waals surface area contributed by atoms with E-state index in [0.717, 1.165) is 32.4 Å². The van der Waals surface area contributed by atoms with E-state index < -0.39 is 28.7 Å². The van der Waals surface area contributed by atoms with E-state index in [1.165, 1.54) is 12.1 Å². The van der Waals surface area contributed by atoms with Gasteiger partial charge < -0.3 is 13.9 Å². The Morgan fingerprint density at radius 1 is 0.962 bits per heavy atom. The van der Waals surface area contributed by atoms with E-state index in [2.05, 4.69) is 0 Å². The molecule has 0 saturated carbocycles. The van der Waals surface area contributed by atoms with E-state index in [1.807, 2.05) is 0 Å². The number of methoxy groups -OCH3 is 2. The normalized spacial score (nSPS) is 11.6. The minimum atomic E-state index is -4.75. The van der Waals surface area contributed by atoms with Gasteiger partial charge in [0.2, 0.25) is 0 Å². The van der Waals surface area contributed by atoms with Crippen molar-refractivity contribution in [1.82, 2.24) is 0 Å². The summed E-state index contributed by atoms with van der Waals surface area (Å²) in [7, 11) is 2.18. The Balaban J connectivity index is 2.37. The maximum absolute atomic E-state index is 13.4. The highest BCUT2D eigenvalue weighted by Crippen LogP contribution is 2.45. The van der Waals surface area contributed by atoms with Crippen molar-refractivity contribution in [2.24, 2.45) is 0 Å². The fourth-order valence-corrected chi connectivity index (χ4v) is 2.63. The zero-order valence-corrected chi connectivity index (χ0v) is 13.6. The van der Waals surface area contributed by atoms with Crippen molar-refractivity contribution in [3.63, 3.8) is 0 Å². The summed E-state index contributed by atoms with van der Waals surface area (Å²) < 4.78 is 68.4. The minimum Gasteiger partial charge on any atom is -0.492 e. The number of halogens is 4. The van der Waals surface area contributed by atoms with Crippen molar-refractivity contribution in [2.45, 2.75) is 6.18 Å². The second kappa shape index (κ2) is 6.36. The summed E-state index contributed by atoms with van der Waals surface area (Å²) in [6, 6.07) is 6.79. The lowest BCUT2D eigenvalue weighted by atomic mass is 10.1. The maximum atomic E-state index is 13.4. The van der Waals surface area contributed by atoms with E-state index in [4.69, 9.17) is 13.9 Å². The fraction of sp³-hybridized carbons (Fsp3) is 0.167. The Morgan fingerprint density at radius 2 is 1.58 bits per heavy atom. The molecule has 0 spiro atoms. The Bertz CT molecular complexity index is 1020. The Hall–Kier alpha value is -3.03. The van der Waals surface area contributed by atoms with Crippen LogP contribution in [0.5, 0.6) is 11.5 Å². The molecule has 8 heteroatoms. The van der Waals surface area contributed by atoms with Crippen LogP contribution in [0, 0.1) is 5.82 Å². The minimum absolute atomic E-state index is 0.00263. The second-order valence-electron chi connectivity index (χ2n) is 5.34. The number of benzene rings is 2. The number of ether oxygens (including phenoxy) is 2. The first kappa shape index (κ1) is 17.8. The van der Waals surface area contributed by atoms with Gasteiger partial charge in [-0.2, -0.15) is 13.2 Å². The molecule has 0 aliphatic heterocycles. The summed E-state index contributed by atoms with van der Waals surface area (Å²) in [5.74, 6) is -1.46. The summed E-state index contributed by atoms with van der Waals surface area (Å²) >= 11 is 0. The summed E-state index contributed by atoms with van der Waals surface area (Å²) in [6.07, 6.45) is -4.75. The van der Waals surface area contributed by atoms with Gasteiger partial charge >= 0.3 is 6.18 Å². The van der Waals surface area contributed by atoms with E-state index in [9.17, 15) is 22.4 Å². The molecule has 3 aromatic rings. The standard InChI is InChI=1S/C18H12F4O4/c1-24-16-11(18(20,21)22)7-14-15(17(16)25-2)12(23)8-13(26-14)9-3-5-10(19)6-4-9/h3-8H,1-2H3. The summed E-state index contributed by atoms with van der Waals surface area (Å²) in [4.78, 5) is 12.5. The average Bonchev–Trinajstić information content (AvgIpc) is 2.59. The van der Waals surface area contributed by atoms with Gasteiger partial charge in [-0.1, -0.05) is 0 Å². The number of fused-ring (bicyclic) bond motifs is 1. The van der Waals surface area contributed by atoms with Crippen LogP contribution < -0.4 is 14.9 Å². The molecule has 0 aliphatic rings.